The Morgan fingerprint density at radius 1 is 1.25 bits per heavy atom. The molecule has 1 fully saturated rings. The van der Waals surface area contributed by atoms with Gasteiger partial charge >= 0.3 is 0 Å². The maximum absolute atomic E-state index is 12.1. The van der Waals surface area contributed by atoms with Gasteiger partial charge in [0, 0.05) is 12.1 Å². The minimum absolute atomic E-state index is 0.00295. The Kier molecular flexibility index (Phi) is 4.02. The van der Waals surface area contributed by atoms with Crippen LogP contribution in [0.5, 0.6) is 0 Å². The van der Waals surface area contributed by atoms with Crippen LogP contribution in [0.25, 0.3) is 0 Å². The zero-order valence-electron chi connectivity index (χ0n) is 11.3. The number of nitrogens with zero attached hydrogens (tertiary/aromatic N) is 1. The Balaban J connectivity index is 1.98. The van der Waals surface area contributed by atoms with Gasteiger partial charge in [-0.05, 0) is 23.6 Å². The zero-order valence-corrected chi connectivity index (χ0v) is 11.3. The normalized spacial score (nSPS) is 16.8. The van der Waals surface area contributed by atoms with Crippen LogP contribution in [-0.4, -0.2) is 35.7 Å². The lowest BCUT2D eigenvalue weighted by Gasteiger charge is -2.26. The second-order valence-corrected chi connectivity index (χ2v) is 4.99. The van der Waals surface area contributed by atoms with Crippen LogP contribution in [-0.2, 0) is 14.4 Å². The molecule has 1 unspecified atom stereocenters. The molecule has 0 bridgehead atoms. The van der Waals surface area contributed by atoms with Gasteiger partial charge in [0.05, 0.1) is 0 Å². The van der Waals surface area contributed by atoms with Gasteiger partial charge in [-0.25, -0.2) is 0 Å². The molecule has 0 aliphatic carbocycles. The molecule has 3 N–H and O–H groups in total. The SMILES string of the molecule is CC(CC(=O)N1CC(=O)NC(=O)C1)c1ccc(N)cc1. The predicted molar refractivity (Wildman–Crippen MR) is 73.6 cm³/mol. The topological polar surface area (TPSA) is 92.5 Å². The molecular weight excluding hydrogens is 258 g/mol. The highest BCUT2D eigenvalue weighted by atomic mass is 16.2. The third-order valence-electron chi connectivity index (χ3n) is 3.29. The van der Waals surface area contributed by atoms with Crippen molar-refractivity contribution in [1.29, 1.82) is 0 Å². The quantitative estimate of drug-likeness (QED) is 0.611. The monoisotopic (exact) mass is 275 g/mol. The van der Waals surface area contributed by atoms with E-state index in [0.29, 0.717) is 5.69 Å². The molecule has 1 heterocycles. The number of carbonyl (C=O) groups is 3. The minimum Gasteiger partial charge on any atom is -0.399 e. The van der Waals surface area contributed by atoms with Crippen molar-refractivity contribution in [3.63, 3.8) is 0 Å². The Morgan fingerprint density at radius 2 is 1.80 bits per heavy atom. The highest BCUT2D eigenvalue weighted by Crippen LogP contribution is 2.21. The maximum Gasteiger partial charge on any atom is 0.246 e. The minimum atomic E-state index is -0.435. The molecule has 0 aromatic heterocycles. The van der Waals surface area contributed by atoms with E-state index in [4.69, 9.17) is 5.73 Å². The van der Waals surface area contributed by atoms with E-state index in [-0.39, 0.29) is 31.3 Å². The number of nitrogens with one attached hydrogen (secondary N) is 1. The lowest BCUT2D eigenvalue weighted by molar-refractivity contribution is -0.145. The lowest BCUT2D eigenvalue weighted by Crippen LogP contribution is -2.53. The van der Waals surface area contributed by atoms with Crippen molar-refractivity contribution in [3.8, 4) is 0 Å². The average Bonchev–Trinajstić information content (AvgIpc) is 2.38. The Morgan fingerprint density at radius 3 is 2.35 bits per heavy atom. The summed E-state index contributed by atoms with van der Waals surface area (Å²) in [5.74, 6) is -1.06. The summed E-state index contributed by atoms with van der Waals surface area (Å²) in [4.78, 5) is 35.9. The average molecular weight is 275 g/mol. The summed E-state index contributed by atoms with van der Waals surface area (Å²) in [7, 11) is 0. The van der Waals surface area contributed by atoms with E-state index in [1.54, 1.807) is 12.1 Å². The summed E-state index contributed by atoms with van der Waals surface area (Å²) in [6.45, 7) is 1.81. The molecule has 6 nitrogen and oxygen atoms in total. The third kappa shape index (κ3) is 3.34. The molecule has 1 aliphatic heterocycles. The fourth-order valence-corrected chi connectivity index (χ4v) is 2.15. The molecule has 6 heteroatoms. The molecule has 106 valence electrons. The number of amides is 3. The van der Waals surface area contributed by atoms with Gasteiger partial charge < -0.3 is 10.6 Å². The van der Waals surface area contributed by atoms with Crippen molar-refractivity contribution >= 4 is 23.4 Å². The maximum atomic E-state index is 12.1. The standard InChI is InChI=1S/C14H17N3O3/c1-9(10-2-4-11(15)5-3-10)6-14(20)17-7-12(18)16-13(19)8-17/h2-5,9H,6-8,15H2,1H3,(H,16,18,19). The molecule has 0 radical (unpaired) electrons. The van der Waals surface area contributed by atoms with E-state index >= 15 is 0 Å². The van der Waals surface area contributed by atoms with Gasteiger partial charge in [-0.15, -0.1) is 0 Å². The highest BCUT2D eigenvalue weighted by molar-refractivity contribution is 6.02. The van der Waals surface area contributed by atoms with Crippen molar-refractivity contribution in [2.45, 2.75) is 19.3 Å². The third-order valence-corrected chi connectivity index (χ3v) is 3.29. The van der Waals surface area contributed by atoms with Gasteiger partial charge in [-0.3, -0.25) is 19.7 Å². The second kappa shape index (κ2) is 5.73. The van der Waals surface area contributed by atoms with Crippen molar-refractivity contribution in [2.24, 2.45) is 0 Å². The number of piperazine rings is 1. The van der Waals surface area contributed by atoms with E-state index in [2.05, 4.69) is 5.32 Å². The molecular formula is C14H17N3O3. The lowest BCUT2D eigenvalue weighted by atomic mass is 9.97. The summed E-state index contributed by atoms with van der Waals surface area (Å²) >= 11 is 0. The van der Waals surface area contributed by atoms with Crippen molar-refractivity contribution < 1.29 is 14.4 Å². The summed E-state index contributed by atoms with van der Waals surface area (Å²) in [6, 6.07) is 7.32. The van der Waals surface area contributed by atoms with E-state index in [1.165, 1.54) is 4.90 Å². The summed E-state index contributed by atoms with van der Waals surface area (Å²) in [6.07, 6.45) is 0.254. The fraction of sp³-hybridized carbons (Fsp3) is 0.357. The zero-order chi connectivity index (χ0) is 14.7. The van der Waals surface area contributed by atoms with E-state index in [1.807, 2.05) is 19.1 Å². The number of hydrogen-bond acceptors (Lipinski definition) is 4. The molecule has 2 rings (SSSR count). The first kappa shape index (κ1) is 14.0. The van der Waals surface area contributed by atoms with Crippen molar-refractivity contribution in [1.82, 2.24) is 10.2 Å². The van der Waals surface area contributed by atoms with Gasteiger partial charge in [0.1, 0.15) is 13.1 Å². The van der Waals surface area contributed by atoms with Crippen LogP contribution in [0.3, 0.4) is 0 Å². The smallest absolute Gasteiger partial charge is 0.246 e. The number of rotatable bonds is 3. The molecule has 1 aliphatic rings. The first-order valence-corrected chi connectivity index (χ1v) is 6.41. The van der Waals surface area contributed by atoms with Crippen LogP contribution >= 0.6 is 0 Å². The molecule has 1 saturated heterocycles. The number of nitrogen functional groups attached to an aromatic ring is 1. The molecule has 0 spiro atoms. The molecule has 1 atom stereocenters. The van der Waals surface area contributed by atoms with Gasteiger partial charge in [-0.2, -0.15) is 0 Å². The summed E-state index contributed by atoms with van der Waals surface area (Å²) < 4.78 is 0. The van der Waals surface area contributed by atoms with Gasteiger partial charge in [0.15, 0.2) is 0 Å². The Bertz CT molecular complexity index is 523. The Hall–Kier alpha value is -2.37. The number of imide groups is 1. The van der Waals surface area contributed by atoms with Crippen LogP contribution in [0.2, 0.25) is 0 Å². The number of nitrogens with two attached hydrogens (primary N) is 1. The highest BCUT2D eigenvalue weighted by Gasteiger charge is 2.27. The van der Waals surface area contributed by atoms with E-state index < -0.39 is 11.8 Å². The van der Waals surface area contributed by atoms with Gasteiger partial charge in [0.25, 0.3) is 0 Å². The number of hydrogen-bond donors (Lipinski definition) is 2. The summed E-state index contributed by atoms with van der Waals surface area (Å²) in [5.41, 5.74) is 7.29. The van der Waals surface area contributed by atoms with Gasteiger partial charge in [-0.1, -0.05) is 19.1 Å². The molecule has 20 heavy (non-hydrogen) atoms. The Labute approximate surface area is 116 Å². The molecule has 1 aromatic carbocycles. The van der Waals surface area contributed by atoms with Gasteiger partial charge in [0.2, 0.25) is 17.7 Å². The van der Waals surface area contributed by atoms with Crippen LogP contribution in [0.4, 0.5) is 5.69 Å². The van der Waals surface area contributed by atoms with E-state index in [9.17, 15) is 14.4 Å². The van der Waals surface area contributed by atoms with Crippen LogP contribution in [0.1, 0.15) is 24.8 Å². The second-order valence-electron chi connectivity index (χ2n) is 4.99. The van der Waals surface area contributed by atoms with Crippen molar-refractivity contribution in [3.05, 3.63) is 29.8 Å². The number of anilines is 1. The van der Waals surface area contributed by atoms with Crippen LogP contribution < -0.4 is 11.1 Å². The van der Waals surface area contributed by atoms with Crippen LogP contribution in [0.15, 0.2) is 24.3 Å². The number of benzene rings is 1. The van der Waals surface area contributed by atoms with Crippen molar-refractivity contribution in [2.75, 3.05) is 18.8 Å². The molecule has 3 amide bonds. The largest absolute Gasteiger partial charge is 0.399 e. The first-order chi connectivity index (χ1) is 9.45. The molecule has 0 saturated carbocycles. The van der Waals surface area contributed by atoms with Crippen LogP contribution in [0, 0.1) is 0 Å². The fourth-order valence-electron chi connectivity index (χ4n) is 2.15. The first-order valence-electron chi connectivity index (χ1n) is 6.41. The predicted octanol–water partition coefficient (Wildman–Crippen LogP) is 0.247. The molecule has 1 aromatic rings. The van der Waals surface area contributed by atoms with E-state index in [0.717, 1.165) is 5.56 Å². The number of carbonyl (C=O) groups excluding carboxylic acids is 3. The summed E-state index contributed by atoms with van der Waals surface area (Å²) in [5, 5.41) is 2.17.